The largest absolute Gasteiger partial charge is 0.357 e. The Bertz CT molecular complexity index is 781. The quantitative estimate of drug-likeness (QED) is 0.530. The molecule has 0 aliphatic carbocycles. The van der Waals surface area contributed by atoms with Crippen molar-refractivity contribution in [3.05, 3.63) is 35.2 Å². The maximum absolute atomic E-state index is 5.93. The highest BCUT2D eigenvalue weighted by Crippen LogP contribution is 2.18. The van der Waals surface area contributed by atoms with Crippen LogP contribution in [0.25, 0.3) is 11.4 Å². The first-order valence-corrected chi connectivity index (χ1v) is 10.8. The minimum absolute atomic E-state index is 0.461. The van der Waals surface area contributed by atoms with Crippen molar-refractivity contribution in [2.24, 2.45) is 4.99 Å². The molecule has 8 heteroatoms. The summed E-state index contributed by atoms with van der Waals surface area (Å²) in [6, 6.07) is 8.47. The van der Waals surface area contributed by atoms with Crippen LogP contribution in [0.4, 0.5) is 0 Å². The summed E-state index contributed by atoms with van der Waals surface area (Å²) in [7, 11) is 0. The summed E-state index contributed by atoms with van der Waals surface area (Å²) < 4.78 is 5.37. The first-order chi connectivity index (χ1) is 14.0. The number of guanidine groups is 1. The van der Waals surface area contributed by atoms with Crippen LogP contribution >= 0.6 is 11.6 Å². The molecule has 29 heavy (non-hydrogen) atoms. The fourth-order valence-corrected chi connectivity index (χ4v) is 3.54. The van der Waals surface area contributed by atoms with Crippen LogP contribution < -0.4 is 10.6 Å². The summed E-state index contributed by atoms with van der Waals surface area (Å²) >= 11 is 5.93. The highest BCUT2D eigenvalue weighted by atomic mass is 35.5. The average molecular weight is 419 g/mol. The Morgan fingerprint density at radius 3 is 2.66 bits per heavy atom. The molecule has 2 aromatic rings. The van der Waals surface area contributed by atoms with Crippen LogP contribution in [0, 0.1) is 0 Å². The number of hydrogen-bond donors (Lipinski definition) is 2. The summed E-state index contributed by atoms with van der Waals surface area (Å²) in [5.41, 5.74) is 0.885. The molecule has 0 saturated carbocycles. The van der Waals surface area contributed by atoms with Crippen molar-refractivity contribution in [2.75, 3.05) is 26.2 Å². The topological polar surface area (TPSA) is 78.6 Å². The van der Waals surface area contributed by atoms with Crippen molar-refractivity contribution in [1.29, 1.82) is 0 Å². The SMILES string of the molecule is CCNC(=NCCc1nc(-c2ccc(Cl)cc2)no1)NC1CCN(C(C)C)CC1. The first kappa shape index (κ1) is 21.6. The minimum atomic E-state index is 0.461. The molecular weight excluding hydrogens is 388 g/mol. The fraction of sp³-hybridized carbons (Fsp3) is 0.571. The molecule has 0 spiro atoms. The Morgan fingerprint density at radius 1 is 1.28 bits per heavy atom. The molecule has 0 radical (unpaired) electrons. The smallest absolute Gasteiger partial charge is 0.228 e. The van der Waals surface area contributed by atoms with Crippen LogP contribution in [-0.2, 0) is 6.42 Å². The second-order valence-electron chi connectivity index (χ2n) is 7.58. The standard InChI is InChI=1S/C21H31ClN6O/c1-4-23-21(25-18-10-13-28(14-11-18)15(2)3)24-12-9-19-26-20(27-29-19)16-5-7-17(22)8-6-16/h5-8,15,18H,4,9-14H2,1-3H3,(H2,23,24,25). The lowest BCUT2D eigenvalue weighted by Crippen LogP contribution is -2.49. The van der Waals surface area contributed by atoms with Crippen molar-refractivity contribution in [2.45, 2.75) is 52.1 Å². The van der Waals surface area contributed by atoms with Crippen molar-refractivity contribution in [3.8, 4) is 11.4 Å². The lowest BCUT2D eigenvalue weighted by molar-refractivity contribution is 0.167. The van der Waals surface area contributed by atoms with Gasteiger partial charge in [0.15, 0.2) is 5.96 Å². The summed E-state index contributed by atoms with van der Waals surface area (Å²) in [4.78, 5) is 11.7. The maximum atomic E-state index is 5.93. The van der Waals surface area contributed by atoms with Crippen LogP contribution in [-0.4, -0.2) is 59.3 Å². The molecule has 0 unspecified atom stereocenters. The molecule has 1 saturated heterocycles. The Balaban J connectivity index is 1.51. The average Bonchev–Trinajstić information content (AvgIpc) is 3.18. The molecule has 1 aliphatic heterocycles. The van der Waals surface area contributed by atoms with Crippen LogP contribution in [0.5, 0.6) is 0 Å². The van der Waals surface area contributed by atoms with Gasteiger partial charge in [-0.1, -0.05) is 16.8 Å². The summed E-state index contributed by atoms with van der Waals surface area (Å²) in [6.07, 6.45) is 2.87. The Morgan fingerprint density at radius 2 is 2.00 bits per heavy atom. The van der Waals surface area contributed by atoms with E-state index in [2.05, 4.69) is 51.4 Å². The number of piperidine rings is 1. The third-order valence-corrected chi connectivity index (χ3v) is 5.36. The van der Waals surface area contributed by atoms with Gasteiger partial charge in [-0.25, -0.2) is 0 Å². The van der Waals surface area contributed by atoms with Crippen LogP contribution in [0.3, 0.4) is 0 Å². The highest BCUT2D eigenvalue weighted by Gasteiger charge is 2.21. The van der Waals surface area contributed by atoms with Gasteiger partial charge in [0.1, 0.15) is 0 Å². The maximum Gasteiger partial charge on any atom is 0.228 e. The number of halogens is 1. The number of benzene rings is 1. The molecule has 0 bridgehead atoms. The molecule has 1 aromatic heterocycles. The van der Waals surface area contributed by atoms with Gasteiger partial charge in [-0.2, -0.15) is 4.98 Å². The first-order valence-electron chi connectivity index (χ1n) is 10.4. The predicted octanol–water partition coefficient (Wildman–Crippen LogP) is 3.36. The second kappa shape index (κ2) is 10.6. The van der Waals surface area contributed by atoms with Crippen LogP contribution in [0.15, 0.2) is 33.8 Å². The molecule has 1 aromatic carbocycles. The van der Waals surface area contributed by atoms with Crippen molar-refractivity contribution in [3.63, 3.8) is 0 Å². The number of aliphatic imine (C=N–C) groups is 1. The number of likely N-dealkylation sites (tertiary alicyclic amines) is 1. The normalized spacial score (nSPS) is 16.4. The molecular formula is C21H31ClN6O. The lowest BCUT2D eigenvalue weighted by Gasteiger charge is -2.35. The molecule has 7 nitrogen and oxygen atoms in total. The van der Waals surface area contributed by atoms with Gasteiger partial charge < -0.3 is 20.1 Å². The number of nitrogens with zero attached hydrogens (tertiary/aromatic N) is 4. The zero-order valence-corrected chi connectivity index (χ0v) is 18.2. The lowest BCUT2D eigenvalue weighted by atomic mass is 10.0. The van der Waals surface area contributed by atoms with Gasteiger partial charge >= 0.3 is 0 Å². The van der Waals surface area contributed by atoms with E-state index >= 15 is 0 Å². The Hall–Kier alpha value is -2.12. The van der Waals surface area contributed by atoms with Crippen LogP contribution in [0.2, 0.25) is 5.02 Å². The number of hydrogen-bond acceptors (Lipinski definition) is 5. The van der Waals surface area contributed by atoms with Gasteiger partial charge in [0, 0.05) is 48.7 Å². The third kappa shape index (κ3) is 6.44. The molecule has 2 N–H and O–H groups in total. The van der Waals surface area contributed by atoms with Crippen molar-refractivity contribution < 1.29 is 4.52 Å². The zero-order valence-electron chi connectivity index (χ0n) is 17.5. The van der Waals surface area contributed by atoms with E-state index in [9.17, 15) is 0 Å². The molecule has 2 heterocycles. The van der Waals surface area contributed by atoms with E-state index in [0.29, 0.717) is 41.8 Å². The summed E-state index contributed by atoms with van der Waals surface area (Å²) in [5, 5.41) is 11.6. The van der Waals surface area contributed by atoms with E-state index in [1.54, 1.807) is 0 Å². The van der Waals surface area contributed by atoms with E-state index in [4.69, 9.17) is 16.1 Å². The number of nitrogens with one attached hydrogen (secondary N) is 2. The van der Waals surface area contributed by atoms with E-state index < -0.39 is 0 Å². The van der Waals surface area contributed by atoms with Crippen molar-refractivity contribution >= 4 is 17.6 Å². The van der Waals surface area contributed by atoms with E-state index in [1.165, 1.54) is 0 Å². The Kier molecular flexibility index (Phi) is 7.89. The van der Waals surface area contributed by atoms with E-state index in [1.807, 2.05) is 24.3 Å². The molecule has 1 aliphatic rings. The van der Waals surface area contributed by atoms with E-state index in [-0.39, 0.29) is 0 Å². The van der Waals surface area contributed by atoms with Gasteiger partial charge in [0.05, 0.1) is 6.54 Å². The van der Waals surface area contributed by atoms with Gasteiger partial charge in [-0.05, 0) is 57.9 Å². The monoisotopic (exact) mass is 418 g/mol. The van der Waals surface area contributed by atoms with Gasteiger partial charge in [-0.3, -0.25) is 4.99 Å². The number of aromatic nitrogens is 2. The molecule has 158 valence electrons. The minimum Gasteiger partial charge on any atom is -0.357 e. The van der Waals surface area contributed by atoms with Crippen molar-refractivity contribution in [1.82, 2.24) is 25.7 Å². The van der Waals surface area contributed by atoms with E-state index in [0.717, 1.165) is 44.0 Å². The molecule has 3 rings (SSSR count). The molecule has 0 amide bonds. The highest BCUT2D eigenvalue weighted by molar-refractivity contribution is 6.30. The molecule has 1 fully saturated rings. The predicted molar refractivity (Wildman–Crippen MR) is 117 cm³/mol. The fourth-order valence-electron chi connectivity index (χ4n) is 3.41. The summed E-state index contributed by atoms with van der Waals surface area (Å²) in [6.45, 7) is 10.3. The summed E-state index contributed by atoms with van der Waals surface area (Å²) in [5.74, 6) is 2.01. The van der Waals surface area contributed by atoms with Gasteiger partial charge in [-0.15, -0.1) is 0 Å². The Labute approximate surface area is 177 Å². The second-order valence-corrected chi connectivity index (χ2v) is 8.01. The zero-order chi connectivity index (χ0) is 20.6. The van der Waals surface area contributed by atoms with Gasteiger partial charge in [0.25, 0.3) is 0 Å². The number of rotatable bonds is 7. The third-order valence-electron chi connectivity index (χ3n) is 5.11. The molecule has 0 atom stereocenters. The van der Waals surface area contributed by atoms with Gasteiger partial charge in [0.2, 0.25) is 11.7 Å². The van der Waals surface area contributed by atoms with Crippen LogP contribution in [0.1, 0.15) is 39.5 Å².